The lowest BCUT2D eigenvalue weighted by Gasteiger charge is -2.32. The molecule has 2 saturated heterocycles. The second-order valence-electron chi connectivity index (χ2n) is 12.2. The second-order valence-corrected chi connectivity index (χ2v) is 12.2. The van der Waals surface area contributed by atoms with E-state index in [0.717, 1.165) is 40.1 Å². The number of fused-ring (bicyclic) bond motifs is 2. The zero-order valence-electron chi connectivity index (χ0n) is 21.7. The number of likely N-dealkylation sites (tertiary alicyclic amines) is 2. The summed E-state index contributed by atoms with van der Waals surface area (Å²) >= 11 is 0. The smallest absolute Gasteiger partial charge is 0.228 e. The third-order valence-corrected chi connectivity index (χ3v) is 10.5. The van der Waals surface area contributed by atoms with E-state index in [-0.39, 0.29) is 53.0 Å². The Morgan fingerprint density at radius 1 is 0.872 bits per heavy atom. The third-order valence-electron chi connectivity index (χ3n) is 10.5. The van der Waals surface area contributed by atoms with Gasteiger partial charge in [0.15, 0.2) is 11.6 Å². The monoisotopic (exact) mass is 519 g/mol. The molecule has 7 nitrogen and oxygen atoms in total. The van der Waals surface area contributed by atoms with Crippen LogP contribution in [0.5, 0.6) is 0 Å². The summed E-state index contributed by atoms with van der Waals surface area (Å²) in [6.07, 6.45) is 4.28. The lowest BCUT2D eigenvalue weighted by molar-refractivity contribution is -0.131. The predicted octanol–water partition coefficient (Wildman–Crippen LogP) is 3.10. The van der Waals surface area contributed by atoms with E-state index < -0.39 is 6.04 Å². The van der Waals surface area contributed by atoms with Crippen LogP contribution in [-0.2, 0) is 20.4 Å². The number of hydrogen-bond donors (Lipinski definition) is 1. The summed E-state index contributed by atoms with van der Waals surface area (Å²) in [4.78, 5) is 56.1. The van der Waals surface area contributed by atoms with E-state index in [9.17, 15) is 19.2 Å². The highest BCUT2D eigenvalue weighted by atomic mass is 16.2. The number of allylic oxidation sites excluding steroid dienone is 4. The number of carbonyl (C=O) groups excluding carboxylic acids is 4. The summed E-state index contributed by atoms with van der Waals surface area (Å²) in [6, 6.07) is 14.8. The molecule has 2 heterocycles. The van der Waals surface area contributed by atoms with Gasteiger partial charge in [-0.25, -0.2) is 0 Å². The van der Waals surface area contributed by atoms with Gasteiger partial charge in [-0.15, -0.1) is 0 Å². The number of nitrogens with zero attached hydrogens (tertiary/aromatic N) is 2. The van der Waals surface area contributed by atoms with Crippen LogP contribution in [0, 0.1) is 17.8 Å². The minimum absolute atomic E-state index is 0.0271. The van der Waals surface area contributed by atoms with Crippen LogP contribution in [0.2, 0.25) is 0 Å². The molecular formula is C32H29N3O4. The zero-order chi connectivity index (χ0) is 26.8. The summed E-state index contributed by atoms with van der Waals surface area (Å²) < 4.78 is 0. The van der Waals surface area contributed by atoms with Crippen LogP contribution in [0.3, 0.4) is 0 Å². The molecule has 4 aliphatic carbocycles. The average molecular weight is 520 g/mol. The molecule has 8 rings (SSSR count). The van der Waals surface area contributed by atoms with Crippen molar-refractivity contribution in [3.63, 3.8) is 0 Å². The molecule has 2 aliphatic heterocycles. The van der Waals surface area contributed by atoms with Crippen molar-refractivity contribution in [3.05, 3.63) is 94.3 Å². The van der Waals surface area contributed by atoms with Crippen molar-refractivity contribution in [3.8, 4) is 0 Å². The van der Waals surface area contributed by atoms with Crippen LogP contribution in [0.4, 0.5) is 0 Å². The zero-order valence-corrected chi connectivity index (χ0v) is 21.7. The van der Waals surface area contributed by atoms with Crippen LogP contribution < -0.4 is 5.73 Å². The summed E-state index contributed by atoms with van der Waals surface area (Å²) in [5.41, 5.74) is 11.0. The Morgan fingerprint density at radius 3 is 2.13 bits per heavy atom. The highest BCUT2D eigenvalue weighted by Crippen LogP contribution is 2.70. The van der Waals surface area contributed by atoms with Crippen molar-refractivity contribution in [2.75, 3.05) is 13.1 Å². The van der Waals surface area contributed by atoms with Crippen molar-refractivity contribution in [1.29, 1.82) is 0 Å². The van der Waals surface area contributed by atoms with Crippen LogP contribution in [-0.4, -0.2) is 52.3 Å². The first-order valence-corrected chi connectivity index (χ1v) is 13.9. The molecule has 2 saturated carbocycles. The van der Waals surface area contributed by atoms with Crippen molar-refractivity contribution in [2.45, 2.75) is 43.1 Å². The lowest BCUT2D eigenvalue weighted by atomic mass is 9.80. The molecule has 6 atom stereocenters. The van der Waals surface area contributed by atoms with Crippen molar-refractivity contribution in [1.82, 2.24) is 9.80 Å². The van der Waals surface area contributed by atoms with Gasteiger partial charge in [-0.2, -0.15) is 0 Å². The van der Waals surface area contributed by atoms with E-state index >= 15 is 0 Å². The third kappa shape index (κ3) is 2.76. The molecule has 0 bridgehead atoms. The topological polar surface area (TPSA) is 101 Å². The number of hydrogen-bond acceptors (Lipinski definition) is 5. The van der Waals surface area contributed by atoms with E-state index in [1.807, 2.05) is 48.5 Å². The van der Waals surface area contributed by atoms with Gasteiger partial charge < -0.3 is 15.5 Å². The largest absolute Gasteiger partial charge is 0.327 e. The number of carbonyl (C=O) groups is 4. The summed E-state index contributed by atoms with van der Waals surface area (Å²) in [5, 5.41) is 0. The molecular weight excluding hydrogens is 490 g/mol. The van der Waals surface area contributed by atoms with E-state index in [4.69, 9.17) is 5.73 Å². The summed E-state index contributed by atoms with van der Waals surface area (Å²) in [7, 11) is 0. The van der Waals surface area contributed by atoms with Gasteiger partial charge in [-0.05, 0) is 35.3 Å². The Hall–Kier alpha value is -3.84. The van der Waals surface area contributed by atoms with Gasteiger partial charge in [0.2, 0.25) is 11.8 Å². The number of ketones is 2. The highest BCUT2D eigenvalue weighted by Gasteiger charge is 2.72. The van der Waals surface area contributed by atoms with Gasteiger partial charge in [-0.3, -0.25) is 19.2 Å². The van der Waals surface area contributed by atoms with Crippen LogP contribution in [0.15, 0.2) is 72.1 Å². The maximum atomic E-state index is 13.5. The maximum Gasteiger partial charge on any atom is 0.228 e. The Labute approximate surface area is 226 Å². The Balaban J connectivity index is 0.985. The molecule has 2 spiro atoms. The number of benzene rings is 2. The summed E-state index contributed by atoms with van der Waals surface area (Å²) in [6.45, 7) is 3.34. The normalized spacial score (nSPS) is 33.1. The molecule has 4 fully saturated rings. The van der Waals surface area contributed by atoms with Gasteiger partial charge in [0.05, 0.1) is 0 Å². The first-order valence-electron chi connectivity index (χ1n) is 13.9. The van der Waals surface area contributed by atoms with Gasteiger partial charge in [0.1, 0.15) is 0 Å². The Bertz CT molecular complexity index is 1610. The number of amides is 2. The molecule has 2 amide bonds. The second kappa shape index (κ2) is 7.42. The SMILES string of the molecule is C[C@@H]1[C@@H]2CN(C(=O)CC(N)CC(=O)N3C[C@H]4C[C@@]45C3=CC(=O)c3ccccc35)C3=CC(=O)c4ccccc4[C@@]312. The molecule has 2 aromatic carbocycles. The van der Waals surface area contributed by atoms with E-state index in [1.54, 1.807) is 22.0 Å². The minimum Gasteiger partial charge on any atom is -0.327 e. The first-order chi connectivity index (χ1) is 18.8. The molecule has 39 heavy (non-hydrogen) atoms. The minimum atomic E-state index is -0.650. The number of rotatable bonds is 4. The molecule has 6 aliphatic rings. The summed E-state index contributed by atoms with van der Waals surface area (Å²) in [5.74, 6) is 0.539. The molecule has 2 N–H and O–H groups in total. The van der Waals surface area contributed by atoms with Crippen LogP contribution >= 0.6 is 0 Å². The Kier molecular flexibility index (Phi) is 4.39. The maximum absolute atomic E-state index is 13.5. The number of nitrogens with two attached hydrogens (primary N) is 1. The van der Waals surface area contributed by atoms with Gasteiger partial charge >= 0.3 is 0 Å². The molecule has 2 aromatic rings. The molecule has 7 heteroatoms. The van der Waals surface area contributed by atoms with Crippen LogP contribution in [0.25, 0.3) is 0 Å². The standard InChI is InChI=1S/C32H29N3O4/c1-17-24-16-35(28-13-26(37)21-7-3-5-9-23(21)32(17,24)28)30(39)11-19(33)10-29(38)34-15-18-14-31(18)22-8-4-2-6-20(22)25(36)12-27(31)34/h2-9,12-13,17-19,24H,10-11,14-16,33H2,1H3/t17-,18-,19?,24+,31-,32+/m1/s1. The van der Waals surface area contributed by atoms with Crippen LogP contribution in [0.1, 0.15) is 58.0 Å². The van der Waals surface area contributed by atoms with Crippen molar-refractivity contribution in [2.24, 2.45) is 23.5 Å². The molecule has 0 aromatic heterocycles. The van der Waals surface area contributed by atoms with Gasteiger partial charge in [0, 0.05) is 77.5 Å². The van der Waals surface area contributed by atoms with Crippen molar-refractivity contribution < 1.29 is 19.2 Å². The van der Waals surface area contributed by atoms with E-state index in [1.165, 1.54) is 0 Å². The van der Waals surface area contributed by atoms with E-state index in [0.29, 0.717) is 24.9 Å². The fraction of sp³-hybridized carbons (Fsp3) is 0.375. The van der Waals surface area contributed by atoms with Gasteiger partial charge in [0.25, 0.3) is 0 Å². The molecule has 0 radical (unpaired) electrons. The first kappa shape index (κ1) is 23.1. The molecule has 1 unspecified atom stereocenters. The van der Waals surface area contributed by atoms with Crippen molar-refractivity contribution >= 4 is 23.4 Å². The van der Waals surface area contributed by atoms with Gasteiger partial charge in [-0.1, -0.05) is 55.5 Å². The predicted molar refractivity (Wildman–Crippen MR) is 142 cm³/mol. The average Bonchev–Trinajstić information content (AvgIpc) is 3.67. The fourth-order valence-corrected chi connectivity index (χ4v) is 8.53. The quantitative estimate of drug-likeness (QED) is 0.669. The fourth-order valence-electron chi connectivity index (χ4n) is 8.53. The molecule has 196 valence electrons. The number of piperidine rings is 2. The van der Waals surface area contributed by atoms with E-state index in [2.05, 4.69) is 6.92 Å². The Morgan fingerprint density at radius 2 is 1.44 bits per heavy atom. The lowest BCUT2D eigenvalue weighted by Crippen LogP contribution is -2.41. The highest BCUT2D eigenvalue weighted by molar-refractivity contribution is 6.10.